The molecule has 17 heavy (non-hydrogen) atoms. The Morgan fingerprint density at radius 1 is 0.353 bits per heavy atom. The maximum absolute atomic E-state index is 1.62. The summed E-state index contributed by atoms with van der Waals surface area (Å²) in [4.78, 5) is 0. The first-order chi connectivity index (χ1) is 8.43. The standard InChI is InChI=1S/C17H28/c1-2-6-14-12(4-1)8-10-17-15-7-3-5-13(15)9-11-16(14)17/h12-17H,1-11H2/t12?,13?,14?,15-,16?,17?/m1/s1. The van der Waals surface area contributed by atoms with Crippen molar-refractivity contribution in [1.82, 2.24) is 0 Å². The summed E-state index contributed by atoms with van der Waals surface area (Å²) in [6.07, 6.45) is 17.5. The first kappa shape index (κ1) is 10.9. The molecule has 0 heterocycles. The van der Waals surface area contributed by atoms with Gasteiger partial charge in [0.2, 0.25) is 0 Å². The highest BCUT2D eigenvalue weighted by atomic mass is 14.5. The fourth-order valence-electron chi connectivity index (χ4n) is 6.45. The molecule has 0 spiro atoms. The molecule has 4 aliphatic carbocycles. The number of fused-ring (bicyclic) bond motifs is 5. The van der Waals surface area contributed by atoms with Gasteiger partial charge in [0.15, 0.2) is 0 Å². The summed E-state index contributed by atoms with van der Waals surface area (Å²) in [6.45, 7) is 0. The van der Waals surface area contributed by atoms with E-state index >= 15 is 0 Å². The quantitative estimate of drug-likeness (QED) is 0.549. The van der Waals surface area contributed by atoms with Crippen molar-refractivity contribution in [3.8, 4) is 0 Å². The van der Waals surface area contributed by atoms with Crippen LogP contribution in [0.1, 0.15) is 70.6 Å². The van der Waals surface area contributed by atoms with Gasteiger partial charge in [0.1, 0.15) is 0 Å². The topological polar surface area (TPSA) is 0 Å². The van der Waals surface area contributed by atoms with E-state index in [2.05, 4.69) is 0 Å². The largest absolute Gasteiger partial charge is 0.0530 e. The molecule has 0 aliphatic heterocycles. The molecule has 4 rings (SSSR count). The normalized spacial score (nSPS) is 53.6. The van der Waals surface area contributed by atoms with E-state index in [1.165, 1.54) is 23.7 Å². The van der Waals surface area contributed by atoms with Crippen molar-refractivity contribution in [3.05, 3.63) is 0 Å². The van der Waals surface area contributed by atoms with Gasteiger partial charge in [0.25, 0.3) is 0 Å². The molecule has 0 aromatic rings. The summed E-state index contributed by atoms with van der Waals surface area (Å²) in [5.41, 5.74) is 0. The zero-order valence-electron chi connectivity index (χ0n) is 11.2. The summed E-state index contributed by atoms with van der Waals surface area (Å²) in [6, 6.07) is 0. The zero-order chi connectivity index (χ0) is 11.2. The SMILES string of the molecule is C1CCC2C(C1)CCC1C2CCC2CCC[C@H]21. The van der Waals surface area contributed by atoms with Crippen LogP contribution in [0, 0.1) is 35.5 Å². The van der Waals surface area contributed by atoms with Crippen LogP contribution >= 0.6 is 0 Å². The number of hydrogen-bond donors (Lipinski definition) is 0. The van der Waals surface area contributed by atoms with Crippen molar-refractivity contribution in [1.29, 1.82) is 0 Å². The number of hydrogen-bond acceptors (Lipinski definition) is 0. The van der Waals surface area contributed by atoms with Gasteiger partial charge in [-0.25, -0.2) is 0 Å². The van der Waals surface area contributed by atoms with Gasteiger partial charge in [0.05, 0.1) is 0 Å². The van der Waals surface area contributed by atoms with Gasteiger partial charge >= 0.3 is 0 Å². The van der Waals surface area contributed by atoms with E-state index in [1.807, 2.05) is 0 Å². The Morgan fingerprint density at radius 2 is 0.882 bits per heavy atom. The van der Waals surface area contributed by atoms with E-state index in [0.717, 1.165) is 11.8 Å². The van der Waals surface area contributed by atoms with Crippen LogP contribution in [0.15, 0.2) is 0 Å². The molecule has 0 saturated heterocycles. The van der Waals surface area contributed by atoms with Crippen LogP contribution in [0.3, 0.4) is 0 Å². The average molecular weight is 232 g/mol. The molecule has 0 aromatic carbocycles. The zero-order valence-corrected chi connectivity index (χ0v) is 11.2. The molecule has 0 heteroatoms. The van der Waals surface area contributed by atoms with Gasteiger partial charge in [-0.1, -0.05) is 32.1 Å². The number of rotatable bonds is 0. The molecule has 6 atom stereocenters. The van der Waals surface area contributed by atoms with Crippen LogP contribution in [0.5, 0.6) is 0 Å². The minimum atomic E-state index is 1.16. The molecule has 0 radical (unpaired) electrons. The molecule has 96 valence electrons. The van der Waals surface area contributed by atoms with Crippen LogP contribution in [-0.2, 0) is 0 Å². The summed E-state index contributed by atoms with van der Waals surface area (Å²) >= 11 is 0. The molecular weight excluding hydrogens is 204 g/mol. The van der Waals surface area contributed by atoms with Crippen molar-refractivity contribution in [3.63, 3.8) is 0 Å². The first-order valence-corrected chi connectivity index (χ1v) is 8.43. The van der Waals surface area contributed by atoms with Gasteiger partial charge in [-0.05, 0) is 74.0 Å². The predicted octanol–water partition coefficient (Wildman–Crippen LogP) is 5.03. The fraction of sp³-hybridized carbons (Fsp3) is 1.00. The van der Waals surface area contributed by atoms with Gasteiger partial charge < -0.3 is 0 Å². The summed E-state index contributed by atoms with van der Waals surface area (Å²) in [5, 5.41) is 0. The highest BCUT2D eigenvalue weighted by molar-refractivity contribution is 4.98. The van der Waals surface area contributed by atoms with Crippen molar-refractivity contribution >= 4 is 0 Å². The van der Waals surface area contributed by atoms with Gasteiger partial charge in [-0.2, -0.15) is 0 Å². The average Bonchev–Trinajstić information content (AvgIpc) is 2.86. The highest BCUT2D eigenvalue weighted by Gasteiger charge is 2.48. The second-order valence-electron chi connectivity index (χ2n) is 7.55. The maximum Gasteiger partial charge on any atom is -0.0352 e. The first-order valence-electron chi connectivity index (χ1n) is 8.43. The van der Waals surface area contributed by atoms with E-state index in [-0.39, 0.29) is 0 Å². The van der Waals surface area contributed by atoms with Crippen LogP contribution in [-0.4, -0.2) is 0 Å². The summed E-state index contributed by atoms with van der Waals surface area (Å²) in [5.74, 6) is 7.02. The lowest BCUT2D eigenvalue weighted by atomic mass is 9.54. The summed E-state index contributed by atoms with van der Waals surface area (Å²) < 4.78 is 0. The van der Waals surface area contributed by atoms with E-state index in [0.29, 0.717) is 0 Å². The van der Waals surface area contributed by atoms with Crippen LogP contribution in [0.25, 0.3) is 0 Å². The van der Waals surface area contributed by atoms with E-state index in [1.54, 1.807) is 70.6 Å². The summed E-state index contributed by atoms with van der Waals surface area (Å²) in [7, 11) is 0. The smallest absolute Gasteiger partial charge is 0.0352 e. The van der Waals surface area contributed by atoms with Crippen molar-refractivity contribution in [2.75, 3.05) is 0 Å². The molecular formula is C17H28. The van der Waals surface area contributed by atoms with E-state index in [4.69, 9.17) is 0 Å². The lowest BCUT2D eigenvalue weighted by Gasteiger charge is -2.51. The predicted molar refractivity (Wildman–Crippen MR) is 71.7 cm³/mol. The second-order valence-corrected chi connectivity index (χ2v) is 7.55. The maximum atomic E-state index is 1.62. The van der Waals surface area contributed by atoms with Crippen LogP contribution in [0.4, 0.5) is 0 Å². The second kappa shape index (κ2) is 4.28. The monoisotopic (exact) mass is 232 g/mol. The fourth-order valence-corrected chi connectivity index (χ4v) is 6.45. The van der Waals surface area contributed by atoms with Crippen molar-refractivity contribution in [2.24, 2.45) is 35.5 Å². The Kier molecular flexibility index (Phi) is 2.74. The molecule has 0 amide bonds. The van der Waals surface area contributed by atoms with Crippen molar-refractivity contribution in [2.45, 2.75) is 70.6 Å². The minimum absolute atomic E-state index is 1.16. The van der Waals surface area contributed by atoms with Gasteiger partial charge in [-0.15, -0.1) is 0 Å². The molecule has 4 fully saturated rings. The Morgan fingerprint density at radius 3 is 1.59 bits per heavy atom. The van der Waals surface area contributed by atoms with E-state index in [9.17, 15) is 0 Å². The molecule has 0 bridgehead atoms. The molecule has 0 N–H and O–H groups in total. The third-order valence-electron chi connectivity index (χ3n) is 7.08. The van der Waals surface area contributed by atoms with Gasteiger partial charge in [-0.3, -0.25) is 0 Å². The third-order valence-corrected chi connectivity index (χ3v) is 7.08. The third kappa shape index (κ3) is 1.70. The molecule has 0 nitrogen and oxygen atoms in total. The van der Waals surface area contributed by atoms with Crippen LogP contribution in [0.2, 0.25) is 0 Å². The van der Waals surface area contributed by atoms with E-state index < -0.39 is 0 Å². The van der Waals surface area contributed by atoms with Crippen molar-refractivity contribution < 1.29 is 0 Å². The highest BCUT2D eigenvalue weighted by Crippen LogP contribution is 2.57. The lowest BCUT2D eigenvalue weighted by molar-refractivity contribution is -0.0184. The Labute approximate surface area is 107 Å². The van der Waals surface area contributed by atoms with Crippen LogP contribution < -0.4 is 0 Å². The lowest BCUT2D eigenvalue weighted by Crippen LogP contribution is -2.43. The Balaban J connectivity index is 1.56. The Hall–Kier alpha value is 0. The Bertz CT molecular complexity index is 282. The minimum Gasteiger partial charge on any atom is -0.0530 e. The molecule has 4 saturated carbocycles. The molecule has 0 aromatic heterocycles. The van der Waals surface area contributed by atoms with Gasteiger partial charge in [0, 0.05) is 0 Å². The molecule has 5 unspecified atom stereocenters. The molecule has 4 aliphatic rings.